The van der Waals surface area contributed by atoms with E-state index in [4.69, 9.17) is 14.2 Å². The summed E-state index contributed by atoms with van der Waals surface area (Å²) in [6, 6.07) is 3.64. The number of halogens is 1. The summed E-state index contributed by atoms with van der Waals surface area (Å²) in [7, 11) is 2.53. The van der Waals surface area contributed by atoms with Crippen LogP contribution in [0, 0.1) is 15.9 Å². The molecular weight excluding hydrogens is 285 g/mol. The van der Waals surface area contributed by atoms with Gasteiger partial charge in [-0.3, -0.25) is 10.1 Å². The fourth-order valence-corrected chi connectivity index (χ4v) is 1.54. The molecule has 21 heavy (non-hydrogen) atoms. The van der Waals surface area contributed by atoms with Gasteiger partial charge in [-0.15, -0.1) is 0 Å². The van der Waals surface area contributed by atoms with E-state index in [0.717, 1.165) is 12.4 Å². The van der Waals surface area contributed by atoms with Crippen LogP contribution in [0.25, 0.3) is 0 Å². The number of aromatic nitrogens is 2. The fourth-order valence-electron chi connectivity index (χ4n) is 1.54. The summed E-state index contributed by atoms with van der Waals surface area (Å²) < 4.78 is 28.2. The number of nitrogens with zero attached hydrogens (tertiary/aromatic N) is 3. The summed E-state index contributed by atoms with van der Waals surface area (Å²) in [4.78, 5) is 17.6. The molecule has 0 aliphatic heterocycles. The number of hydrogen-bond donors (Lipinski definition) is 0. The van der Waals surface area contributed by atoms with Crippen molar-refractivity contribution in [2.24, 2.45) is 0 Å². The molecule has 0 aliphatic rings. The van der Waals surface area contributed by atoms with Crippen LogP contribution in [0.15, 0.2) is 24.5 Å². The van der Waals surface area contributed by atoms with Crippen LogP contribution in [0.5, 0.6) is 23.3 Å². The molecule has 110 valence electrons. The summed E-state index contributed by atoms with van der Waals surface area (Å²) in [5, 5.41) is 11.0. The molecule has 0 saturated heterocycles. The lowest BCUT2D eigenvalue weighted by Crippen LogP contribution is -2.01. The molecular formula is C12H10FN3O5. The lowest BCUT2D eigenvalue weighted by atomic mass is 10.3. The number of hydrogen-bond acceptors (Lipinski definition) is 7. The van der Waals surface area contributed by atoms with Crippen molar-refractivity contribution in [3.05, 3.63) is 40.5 Å². The van der Waals surface area contributed by atoms with Crippen molar-refractivity contribution in [2.45, 2.75) is 0 Å². The van der Waals surface area contributed by atoms with Gasteiger partial charge in [-0.25, -0.2) is 4.39 Å². The van der Waals surface area contributed by atoms with Crippen molar-refractivity contribution in [1.29, 1.82) is 0 Å². The summed E-state index contributed by atoms with van der Waals surface area (Å²) in [5.74, 6) is -1.08. The fraction of sp³-hybridized carbons (Fsp3) is 0.167. The largest absolute Gasteiger partial charge is 0.494 e. The first-order valence-electron chi connectivity index (χ1n) is 5.61. The zero-order valence-corrected chi connectivity index (χ0v) is 11.1. The Hall–Kier alpha value is -2.97. The first-order valence-corrected chi connectivity index (χ1v) is 5.61. The third-order valence-electron chi connectivity index (χ3n) is 2.47. The Morgan fingerprint density at radius 2 is 1.90 bits per heavy atom. The van der Waals surface area contributed by atoms with Crippen LogP contribution in [0.4, 0.5) is 10.1 Å². The molecule has 1 aromatic heterocycles. The maximum Gasteiger partial charge on any atom is 0.392 e. The lowest BCUT2D eigenvalue weighted by molar-refractivity contribution is -0.387. The maximum atomic E-state index is 13.3. The van der Waals surface area contributed by atoms with E-state index >= 15 is 0 Å². The van der Waals surface area contributed by atoms with Gasteiger partial charge in [0.05, 0.1) is 19.1 Å². The van der Waals surface area contributed by atoms with Crippen molar-refractivity contribution in [3.63, 3.8) is 0 Å². The molecule has 2 aromatic rings. The normalized spacial score (nSPS) is 10.0. The lowest BCUT2D eigenvalue weighted by Gasteiger charge is -2.08. The minimum Gasteiger partial charge on any atom is -0.494 e. The number of methoxy groups -OCH3 is 2. The van der Waals surface area contributed by atoms with Gasteiger partial charge in [-0.1, -0.05) is 0 Å². The predicted molar refractivity (Wildman–Crippen MR) is 68.3 cm³/mol. The Morgan fingerprint density at radius 3 is 2.52 bits per heavy atom. The van der Waals surface area contributed by atoms with Gasteiger partial charge >= 0.3 is 17.4 Å². The number of benzene rings is 1. The SMILES string of the molecule is COc1cc(Oc2ncnc(OC)c2[N+](=O)[O-])ccc1F. The molecule has 1 aromatic carbocycles. The zero-order valence-electron chi connectivity index (χ0n) is 11.1. The summed E-state index contributed by atoms with van der Waals surface area (Å²) in [6.45, 7) is 0. The summed E-state index contributed by atoms with van der Waals surface area (Å²) in [5.41, 5.74) is -0.525. The second-order valence-corrected chi connectivity index (χ2v) is 3.69. The average molecular weight is 295 g/mol. The second-order valence-electron chi connectivity index (χ2n) is 3.69. The Bertz CT molecular complexity index is 680. The minimum absolute atomic E-state index is 0.0591. The number of rotatable bonds is 5. The first-order chi connectivity index (χ1) is 10.1. The van der Waals surface area contributed by atoms with Crippen molar-refractivity contribution in [3.8, 4) is 23.3 Å². The standard InChI is InChI=1S/C12H10FN3O5/c1-19-9-5-7(3-4-8(9)13)21-12-10(16(17)18)11(20-2)14-6-15-12/h3-6H,1-2H3. The molecule has 8 nitrogen and oxygen atoms in total. The molecule has 0 fully saturated rings. The van der Waals surface area contributed by atoms with Crippen LogP contribution in [0.1, 0.15) is 0 Å². The van der Waals surface area contributed by atoms with Gasteiger partial charge in [0.1, 0.15) is 12.1 Å². The van der Waals surface area contributed by atoms with E-state index in [9.17, 15) is 14.5 Å². The maximum absolute atomic E-state index is 13.3. The van der Waals surface area contributed by atoms with E-state index in [1.54, 1.807) is 0 Å². The van der Waals surface area contributed by atoms with E-state index in [-0.39, 0.29) is 23.3 Å². The van der Waals surface area contributed by atoms with Crippen molar-refractivity contribution in [2.75, 3.05) is 14.2 Å². The smallest absolute Gasteiger partial charge is 0.392 e. The highest BCUT2D eigenvalue weighted by molar-refractivity contribution is 5.51. The second kappa shape index (κ2) is 5.99. The van der Waals surface area contributed by atoms with Crippen molar-refractivity contribution >= 4 is 5.69 Å². The molecule has 2 rings (SSSR count). The van der Waals surface area contributed by atoms with Crippen LogP contribution in [-0.4, -0.2) is 29.1 Å². The van der Waals surface area contributed by atoms with Crippen molar-refractivity contribution in [1.82, 2.24) is 9.97 Å². The first kappa shape index (κ1) is 14.4. The van der Waals surface area contributed by atoms with Gasteiger partial charge in [0, 0.05) is 6.07 Å². The highest BCUT2D eigenvalue weighted by Crippen LogP contribution is 2.36. The van der Waals surface area contributed by atoms with Gasteiger partial charge in [-0.2, -0.15) is 9.97 Å². The third kappa shape index (κ3) is 2.96. The van der Waals surface area contributed by atoms with Crippen LogP contribution >= 0.6 is 0 Å². The molecule has 0 radical (unpaired) electrons. The van der Waals surface area contributed by atoms with Crippen molar-refractivity contribution < 1.29 is 23.5 Å². The average Bonchev–Trinajstić information content (AvgIpc) is 2.48. The highest BCUT2D eigenvalue weighted by Gasteiger charge is 2.26. The van der Waals surface area contributed by atoms with E-state index in [2.05, 4.69) is 9.97 Å². The highest BCUT2D eigenvalue weighted by atomic mass is 19.1. The van der Waals surface area contributed by atoms with Gasteiger partial charge in [0.2, 0.25) is 0 Å². The molecule has 0 amide bonds. The van der Waals surface area contributed by atoms with Gasteiger partial charge in [-0.05, 0) is 12.1 Å². The van der Waals surface area contributed by atoms with Gasteiger partial charge in [0.25, 0.3) is 0 Å². The van der Waals surface area contributed by atoms with Crippen LogP contribution in [0.2, 0.25) is 0 Å². The molecule has 0 aliphatic carbocycles. The molecule has 0 unspecified atom stereocenters. The summed E-state index contributed by atoms with van der Waals surface area (Å²) >= 11 is 0. The topological polar surface area (TPSA) is 96.6 Å². The third-order valence-corrected chi connectivity index (χ3v) is 2.47. The number of ether oxygens (including phenoxy) is 3. The molecule has 0 atom stereocenters. The van der Waals surface area contributed by atoms with Crippen LogP contribution < -0.4 is 14.2 Å². The van der Waals surface area contributed by atoms with E-state index in [0.29, 0.717) is 0 Å². The van der Waals surface area contributed by atoms with Crippen LogP contribution in [-0.2, 0) is 0 Å². The summed E-state index contributed by atoms with van der Waals surface area (Å²) in [6.07, 6.45) is 1.06. The van der Waals surface area contributed by atoms with E-state index < -0.39 is 16.4 Å². The molecule has 0 bridgehead atoms. The monoisotopic (exact) mass is 295 g/mol. The quantitative estimate of drug-likeness (QED) is 0.616. The molecule has 1 heterocycles. The van der Waals surface area contributed by atoms with Gasteiger partial charge in [0.15, 0.2) is 11.6 Å². The molecule has 0 N–H and O–H groups in total. The minimum atomic E-state index is -0.727. The Balaban J connectivity index is 2.42. The van der Waals surface area contributed by atoms with Crippen LogP contribution in [0.3, 0.4) is 0 Å². The predicted octanol–water partition coefficient (Wildman–Crippen LogP) is 2.33. The van der Waals surface area contributed by atoms with E-state index in [1.165, 1.54) is 26.4 Å². The Labute approximate surface area is 118 Å². The molecule has 9 heteroatoms. The number of nitro groups is 1. The van der Waals surface area contributed by atoms with Gasteiger partial charge < -0.3 is 14.2 Å². The molecule has 0 spiro atoms. The Morgan fingerprint density at radius 1 is 1.19 bits per heavy atom. The van der Waals surface area contributed by atoms with E-state index in [1.807, 2.05) is 0 Å². The Kier molecular flexibility index (Phi) is 4.12. The molecule has 0 saturated carbocycles. The zero-order chi connectivity index (χ0) is 15.4.